The molecule has 0 aliphatic heterocycles. The summed E-state index contributed by atoms with van der Waals surface area (Å²) in [6, 6.07) is 71.3. The van der Waals surface area contributed by atoms with Crippen LogP contribution in [-0.4, -0.2) is 15.0 Å². The molecule has 3 heterocycles. The van der Waals surface area contributed by atoms with E-state index in [1.807, 2.05) is 112 Å². The van der Waals surface area contributed by atoms with Crippen LogP contribution in [0, 0.1) is 54.6 Å². The molecule has 0 atom stereocenters. The van der Waals surface area contributed by atoms with Crippen LogP contribution in [0.4, 0.5) is 0 Å². The van der Waals surface area contributed by atoms with Crippen LogP contribution in [0.25, 0.3) is 78.3 Å². The van der Waals surface area contributed by atoms with Crippen LogP contribution >= 0.6 is 0 Å². The van der Waals surface area contributed by atoms with Crippen molar-refractivity contribution in [3.63, 3.8) is 0 Å². The van der Waals surface area contributed by atoms with Gasteiger partial charge < -0.3 is 15.0 Å². The molecule has 0 spiro atoms. The average Bonchev–Trinajstić information content (AvgIpc) is 3.48. The van der Waals surface area contributed by atoms with E-state index < -0.39 is 19.1 Å². The third kappa shape index (κ3) is 11.7. The third-order valence-corrected chi connectivity index (χ3v) is 13.5. The van der Waals surface area contributed by atoms with Crippen molar-refractivity contribution in [1.82, 2.24) is 15.0 Å². The van der Waals surface area contributed by atoms with Crippen LogP contribution in [0.15, 0.2) is 188 Å². The van der Waals surface area contributed by atoms with E-state index in [2.05, 4.69) is 112 Å². The maximum Gasteiger partial charge on any atom is 3.00 e. The molecule has 75 heavy (non-hydrogen) atoms. The van der Waals surface area contributed by atoms with Crippen molar-refractivity contribution in [3.8, 4) is 90.4 Å². The van der Waals surface area contributed by atoms with E-state index >= 15 is 0 Å². The van der Waals surface area contributed by atoms with Gasteiger partial charge in [-0.15, -0.1) is 94.5 Å². The van der Waals surface area contributed by atoms with Gasteiger partial charge in [-0.05, 0) is 123 Å². The summed E-state index contributed by atoms with van der Waals surface area (Å²) in [5.41, 5.74) is 16.6. The van der Waals surface area contributed by atoms with Crippen molar-refractivity contribution in [2.24, 2.45) is 0 Å². The Kier molecular flexibility index (Phi) is 13.4. The number of rotatable bonds is 13. The Balaban J connectivity index is 0.00000792. The minimum Gasteiger partial charge on any atom is -0.305 e. The van der Waals surface area contributed by atoms with Crippen LogP contribution in [0.5, 0.6) is 0 Å². The van der Waals surface area contributed by atoms with Gasteiger partial charge in [0.1, 0.15) is 12.1 Å². The van der Waals surface area contributed by atoms with E-state index in [0.29, 0.717) is 16.7 Å². The molecule has 10 aromatic rings. The van der Waals surface area contributed by atoms with Gasteiger partial charge in [0.25, 0.3) is 0 Å². The van der Waals surface area contributed by atoms with Gasteiger partial charge in [0.2, 0.25) is 0 Å². The number of hydrogen-bond acceptors (Lipinski definition) is 5. The molecule has 7 aromatic carbocycles. The van der Waals surface area contributed by atoms with Gasteiger partial charge in [-0.3, -0.25) is 0 Å². The first-order valence-corrected chi connectivity index (χ1v) is 24.7. The summed E-state index contributed by atoms with van der Waals surface area (Å²) in [4.78, 5) is 13.6. The molecule has 0 amide bonds. The van der Waals surface area contributed by atoms with Gasteiger partial charge in [-0.1, -0.05) is 153 Å². The first-order chi connectivity index (χ1) is 38.4. The Hall–Kier alpha value is -8.38. The molecule has 0 saturated carbocycles. The second-order valence-corrected chi connectivity index (χ2v) is 19.5. The average molecular weight is 1150 g/mol. The Bertz CT molecular complexity index is 3850. The van der Waals surface area contributed by atoms with Gasteiger partial charge in [0, 0.05) is 26.8 Å². The first-order valence-electron chi connectivity index (χ1n) is 27.7. The molecule has 0 N–H and O–H groups in total. The minimum atomic E-state index is -2.72. The predicted molar refractivity (Wildman–Crippen MR) is 300 cm³/mol. The zero-order valence-corrected chi connectivity index (χ0v) is 44.2. The summed E-state index contributed by atoms with van der Waals surface area (Å²) in [7, 11) is 0. The molecule has 3 aromatic heterocycles. The maximum atomic E-state index is 10.2. The SMILES string of the molecule is [2H]C([2H])([2H])c1cnc(-c2[c-]cc(-c3ccccc3-c3cc(CCc4c[c-]c(-c5ccccn5)cc4)cc(CCc4c[c-]c(-c5ccccn5)cc4)c3)c(-c3ccc(-c4cc(C#N)c(C#N)c(C(C)(C)C)c4)cc3)c2)cc1C([2H])([2H])[2H].[Ir+3]. The number of benzene rings is 7. The van der Waals surface area contributed by atoms with Crippen molar-refractivity contribution >= 4 is 0 Å². The van der Waals surface area contributed by atoms with E-state index in [9.17, 15) is 10.5 Å². The fourth-order valence-electron chi connectivity index (χ4n) is 9.50. The number of aromatic nitrogens is 3. The second kappa shape index (κ2) is 22.8. The molecule has 0 unspecified atom stereocenters. The number of nitrogens with zero attached hydrogens (tertiary/aromatic N) is 5. The van der Waals surface area contributed by atoms with Crippen LogP contribution in [0.2, 0.25) is 0 Å². The molecule has 6 heteroatoms. The number of nitriles is 2. The second-order valence-electron chi connectivity index (χ2n) is 19.5. The van der Waals surface area contributed by atoms with Crippen molar-refractivity contribution in [3.05, 3.63) is 257 Å². The quantitative estimate of drug-likeness (QED) is 0.107. The molecular formula is C69H54IrN5. The number of hydrogen-bond donors (Lipinski definition) is 0. The van der Waals surface area contributed by atoms with Gasteiger partial charge in [0.05, 0.1) is 11.1 Å². The molecular weight excluding hydrogens is 1090 g/mol. The minimum absolute atomic E-state index is 0. The van der Waals surface area contributed by atoms with Crippen molar-refractivity contribution in [2.45, 2.75) is 65.6 Å². The van der Waals surface area contributed by atoms with E-state index in [1.54, 1.807) is 18.5 Å². The first kappa shape index (κ1) is 44.1. The summed E-state index contributed by atoms with van der Waals surface area (Å²) in [6.45, 7) is 0.661. The van der Waals surface area contributed by atoms with Crippen LogP contribution in [0.1, 0.15) is 79.1 Å². The van der Waals surface area contributed by atoms with Crippen LogP contribution < -0.4 is 0 Å². The summed E-state index contributed by atoms with van der Waals surface area (Å²) < 4.78 is 49.3. The van der Waals surface area contributed by atoms with Crippen LogP contribution in [0.3, 0.4) is 0 Å². The topological polar surface area (TPSA) is 86.2 Å². The van der Waals surface area contributed by atoms with Crippen molar-refractivity contribution < 1.29 is 28.3 Å². The molecule has 364 valence electrons. The van der Waals surface area contributed by atoms with Gasteiger partial charge >= 0.3 is 20.1 Å². The molecule has 0 aliphatic carbocycles. The van der Waals surface area contributed by atoms with Crippen molar-refractivity contribution in [2.75, 3.05) is 0 Å². The maximum absolute atomic E-state index is 10.2. The summed E-state index contributed by atoms with van der Waals surface area (Å²) in [5, 5.41) is 20.3. The van der Waals surface area contributed by atoms with E-state index in [4.69, 9.17) is 8.22 Å². The number of pyridine rings is 3. The Labute approximate surface area is 464 Å². The van der Waals surface area contributed by atoms with E-state index in [0.717, 1.165) is 104 Å². The van der Waals surface area contributed by atoms with Gasteiger partial charge in [-0.2, -0.15) is 10.5 Å². The fraction of sp³-hybridized carbons (Fsp3) is 0.145. The Morgan fingerprint density at radius 1 is 0.467 bits per heavy atom. The molecule has 0 aliphatic rings. The molecule has 0 fully saturated rings. The third-order valence-electron chi connectivity index (χ3n) is 13.5. The standard InChI is InChI=1S/C69H54N5.Ir/c1-46-36-68(74-45-47(46)2)56-32-33-62(63(41-56)53-30-28-52(29-31-53)57-40-59(43-70)64(44-71)65(42-57)69(3,4)5)61-13-7-6-12-60(61)58-38-50(18-16-48-20-24-54(25-21-48)66-14-8-10-34-72-66)37-51(39-58)19-17-49-22-26-55(27-23-49)67-15-9-11-35-73-67;/h6-15,20-24,26,28-31,33-42,45H,16-19H2,1-5H3;/q-3;+3/i1D3,2D3;. The summed E-state index contributed by atoms with van der Waals surface area (Å²) >= 11 is 0. The normalized spacial score (nSPS) is 12.6. The van der Waals surface area contributed by atoms with Crippen molar-refractivity contribution in [1.29, 1.82) is 10.5 Å². The number of aryl methyl sites for hydroxylation is 6. The molecule has 0 radical (unpaired) electrons. The zero-order valence-electron chi connectivity index (χ0n) is 47.8. The van der Waals surface area contributed by atoms with E-state index in [-0.39, 0.29) is 36.9 Å². The predicted octanol–water partition coefficient (Wildman–Crippen LogP) is 16.2. The fourth-order valence-corrected chi connectivity index (χ4v) is 9.50. The van der Waals surface area contributed by atoms with Crippen LogP contribution in [-0.2, 0) is 51.2 Å². The molecule has 0 bridgehead atoms. The summed E-state index contributed by atoms with van der Waals surface area (Å²) in [6.07, 6.45) is 7.88. The Morgan fingerprint density at radius 2 is 1.05 bits per heavy atom. The van der Waals surface area contributed by atoms with Gasteiger partial charge in [-0.25, -0.2) is 0 Å². The monoisotopic (exact) mass is 1150 g/mol. The van der Waals surface area contributed by atoms with E-state index in [1.165, 1.54) is 28.3 Å². The molecule has 10 rings (SSSR count). The molecule has 0 saturated heterocycles. The largest absolute Gasteiger partial charge is 3.00 e. The summed E-state index contributed by atoms with van der Waals surface area (Å²) in [5.74, 6) is 0. The van der Waals surface area contributed by atoms with Gasteiger partial charge in [0.15, 0.2) is 0 Å². The molecule has 5 nitrogen and oxygen atoms in total. The Morgan fingerprint density at radius 3 is 1.60 bits per heavy atom. The smallest absolute Gasteiger partial charge is 0.305 e. The zero-order chi connectivity index (χ0) is 56.2.